The fourth-order valence-electron chi connectivity index (χ4n) is 7.90. The van der Waals surface area contributed by atoms with Crippen LogP contribution in [-0.2, 0) is 18.4 Å². The molecule has 0 aromatic heterocycles. The zero-order valence-corrected chi connectivity index (χ0v) is 46.4. The Hall–Kier alpha value is -2.32. The molecule has 0 rings (SSSR count). The highest BCUT2D eigenvalue weighted by atomic mass is 31.2. The molecular weight excluding hydrogens is 876 g/mol. The fourth-order valence-corrected chi connectivity index (χ4v) is 8.62. The Morgan fingerprint density at radius 3 is 1.35 bits per heavy atom. The summed E-state index contributed by atoms with van der Waals surface area (Å²) >= 11 is 0. The predicted molar refractivity (Wildman–Crippen MR) is 297 cm³/mol. The van der Waals surface area contributed by atoms with Crippen LogP contribution in [0.1, 0.15) is 239 Å². The van der Waals surface area contributed by atoms with E-state index < -0.39 is 26.6 Å². The van der Waals surface area contributed by atoms with E-state index in [2.05, 4.69) is 92.1 Å². The highest BCUT2D eigenvalue weighted by Gasteiger charge is 2.23. The molecule has 0 fully saturated rings. The number of rotatable bonds is 51. The Morgan fingerprint density at radius 1 is 0.522 bits per heavy atom. The van der Waals surface area contributed by atoms with Crippen molar-refractivity contribution >= 4 is 13.7 Å². The second-order valence-corrected chi connectivity index (χ2v) is 21.7. The molecule has 8 nitrogen and oxygen atoms in total. The van der Waals surface area contributed by atoms with Gasteiger partial charge in [-0.25, -0.2) is 0 Å². The number of unbranched alkanes of at least 4 members (excludes halogenated alkanes) is 26. The van der Waals surface area contributed by atoms with Gasteiger partial charge in [0.2, 0.25) is 5.91 Å². The third kappa shape index (κ3) is 53.3. The Labute approximate surface area is 426 Å². The van der Waals surface area contributed by atoms with Gasteiger partial charge in [-0.3, -0.25) is 9.36 Å². The largest absolute Gasteiger partial charge is 0.756 e. The van der Waals surface area contributed by atoms with Crippen LogP contribution in [0.3, 0.4) is 0 Å². The highest BCUT2D eigenvalue weighted by Crippen LogP contribution is 2.38. The van der Waals surface area contributed by atoms with Crippen molar-refractivity contribution in [2.24, 2.45) is 0 Å². The van der Waals surface area contributed by atoms with E-state index in [1.165, 1.54) is 148 Å². The van der Waals surface area contributed by atoms with Gasteiger partial charge >= 0.3 is 0 Å². The lowest BCUT2D eigenvalue weighted by Crippen LogP contribution is -2.45. The van der Waals surface area contributed by atoms with Crippen molar-refractivity contribution in [2.45, 2.75) is 251 Å². The van der Waals surface area contributed by atoms with Crippen LogP contribution in [0.15, 0.2) is 85.1 Å². The summed E-state index contributed by atoms with van der Waals surface area (Å²) < 4.78 is 23.2. The molecule has 0 saturated carbocycles. The molecule has 400 valence electrons. The van der Waals surface area contributed by atoms with Gasteiger partial charge in [0.15, 0.2) is 0 Å². The van der Waals surface area contributed by atoms with Gasteiger partial charge < -0.3 is 28.8 Å². The normalized spacial score (nSPS) is 14.6. The number of hydrogen-bond acceptors (Lipinski definition) is 6. The molecule has 0 spiro atoms. The van der Waals surface area contributed by atoms with Crippen molar-refractivity contribution in [3.63, 3.8) is 0 Å². The lowest BCUT2D eigenvalue weighted by molar-refractivity contribution is -0.870. The molecule has 1 amide bonds. The molecule has 0 bridgehead atoms. The van der Waals surface area contributed by atoms with E-state index in [0.29, 0.717) is 17.4 Å². The first kappa shape index (κ1) is 66.7. The number of allylic oxidation sites excluding steroid dienone is 13. The number of aliphatic hydroxyl groups is 1. The Balaban J connectivity index is 4.00. The number of carbonyl (C=O) groups is 1. The molecule has 0 aliphatic carbocycles. The highest BCUT2D eigenvalue weighted by molar-refractivity contribution is 7.45. The first-order chi connectivity index (χ1) is 33.5. The molecule has 3 unspecified atom stereocenters. The summed E-state index contributed by atoms with van der Waals surface area (Å²) in [5, 5.41) is 13.8. The van der Waals surface area contributed by atoms with E-state index in [1.807, 2.05) is 27.2 Å². The SMILES string of the molecule is CC/C=C\C/C=C\C/C=C\C/C=C\C/C=C\CCCCCCCCCCCCCCCCCCCCCC(=O)NC(COP(=O)([O-])OCC[N+](C)(C)C)C(O)/C=C/CC/C=C/CCCCCCCC. The van der Waals surface area contributed by atoms with Gasteiger partial charge in [0.05, 0.1) is 39.9 Å². The maximum Gasteiger partial charge on any atom is 0.268 e. The zero-order chi connectivity index (χ0) is 50.6. The van der Waals surface area contributed by atoms with Crippen molar-refractivity contribution in [2.75, 3.05) is 40.9 Å². The molecule has 3 atom stereocenters. The summed E-state index contributed by atoms with van der Waals surface area (Å²) in [5.41, 5.74) is 0. The number of likely N-dealkylation sites (N-methyl/N-ethyl adjacent to an activating group) is 1. The van der Waals surface area contributed by atoms with E-state index in [9.17, 15) is 19.4 Å². The smallest absolute Gasteiger partial charge is 0.268 e. The monoisotopic (exact) mass is 985 g/mol. The van der Waals surface area contributed by atoms with Gasteiger partial charge in [-0.2, -0.15) is 0 Å². The number of hydrogen-bond donors (Lipinski definition) is 2. The number of phosphoric ester groups is 1. The Kier molecular flexibility index (Phi) is 48.9. The minimum Gasteiger partial charge on any atom is -0.756 e. The van der Waals surface area contributed by atoms with E-state index in [0.717, 1.165) is 70.6 Å². The maximum absolute atomic E-state index is 12.9. The summed E-state index contributed by atoms with van der Waals surface area (Å²) in [6, 6.07) is -0.904. The van der Waals surface area contributed by atoms with Crippen molar-refractivity contribution in [3.8, 4) is 0 Å². The van der Waals surface area contributed by atoms with Crippen LogP contribution in [0.2, 0.25) is 0 Å². The molecule has 0 aliphatic rings. The molecule has 69 heavy (non-hydrogen) atoms. The third-order valence-corrected chi connectivity index (χ3v) is 13.3. The summed E-state index contributed by atoms with van der Waals surface area (Å²) in [7, 11) is 1.24. The van der Waals surface area contributed by atoms with E-state index in [1.54, 1.807) is 6.08 Å². The minimum atomic E-state index is -4.60. The van der Waals surface area contributed by atoms with E-state index in [4.69, 9.17) is 9.05 Å². The lowest BCUT2D eigenvalue weighted by Gasteiger charge is -2.29. The van der Waals surface area contributed by atoms with Crippen LogP contribution in [0, 0.1) is 0 Å². The molecular formula is C60H109N2O6P. The van der Waals surface area contributed by atoms with Crippen LogP contribution < -0.4 is 10.2 Å². The van der Waals surface area contributed by atoms with Crippen molar-refractivity contribution in [1.29, 1.82) is 0 Å². The van der Waals surface area contributed by atoms with Gasteiger partial charge in [0.1, 0.15) is 13.2 Å². The second kappa shape index (κ2) is 50.6. The summed E-state index contributed by atoms with van der Waals surface area (Å²) in [5.74, 6) is -0.209. The maximum atomic E-state index is 12.9. The number of amides is 1. The zero-order valence-electron chi connectivity index (χ0n) is 45.5. The molecule has 2 N–H and O–H groups in total. The number of carbonyl (C=O) groups excluding carboxylic acids is 1. The number of nitrogens with one attached hydrogen (secondary N) is 1. The second-order valence-electron chi connectivity index (χ2n) is 20.3. The molecule has 0 aromatic rings. The van der Waals surface area contributed by atoms with Gasteiger partial charge in [-0.15, -0.1) is 0 Å². The first-order valence-electron chi connectivity index (χ1n) is 28.4. The van der Waals surface area contributed by atoms with Crippen molar-refractivity contribution in [3.05, 3.63) is 85.1 Å². The van der Waals surface area contributed by atoms with Crippen LogP contribution in [-0.4, -0.2) is 68.5 Å². The number of phosphoric acid groups is 1. The van der Waals surface area contributed by atoms with Crippen LogP contribution in [0.4, 0.5) is 0 Å². The summed E-state index contributed by atoms with van der Waals surface area (Å²) in [4.78, 5) is 25.4. The molecule has 0 saturated heterocycles. The van der Waals surface area contributed by atoms with E-state index in [-0.39, 0.29) is 12.5 Å². The van der Waals surface area contributed by atoms with Crippen LogP contribution in [0.5, 0.6) is 0 Å². The topological polar surface area (TPSA) is 108 Å². The number of aliphatic hydroxyl groups excluding tert-OH is 1. The van der Waals surface area contributed by atoms with Gasteiger partial charge in [-0.1, -0.05) is 240 Å². The van der Waals surface area contributed by atoms with Crippen LogP contribution >= 0.6 is 7.82 Å². The van der Waals surface area contributed by atoms with Gasteiger partial charge in [0, 0.05) is 6.42 Å². The van der Waals surface area contributed by atoms with Gasteiger partial charge in [0.25, 0.3) is 7.82 Å². The van der Waals surface area contributed by atoms with E-state index >= 15 is 0 Å². The summed E-state index contributed by atoms with van der Waals surface area (Å²) in [6.07, 6.45) is 71.1. The van der Waals surface area contributed by atoms with Crippen molar-refractivity contribution in [1.82, 2.24) is 5.32 Å². The quantitative estimate of drug-likeness (QED) is 0.0272. The first-order valence-corrected chi connectivity index (χ1v) is 29.9. The average molecular weight is 986 g/mol. The average Bonchev–Trinajstić information content (AvgIpc) is 3.31. The lowest BCUT2D eigenvalue weighted by atomic mass is 10.0. The van der Waals surface area contributed by atoms with Gasteiger partial charge in [-0.05, 0) is 77.0 Å². The molecule has 0 aliphatic heterocycles. The minimum absolute atomic E-state index is 0.00800. The Morgan fingerprint density at radius 2 is 0.899 bits per heavy atom. The Bertz CT molecular complexity index is 1400. The molecule has 0 aromatic carbocycles. The predicted octanol–water partition coefficient (Wildman–Crippen LogP) is 16.6. The third-order valence-electron chi connectivity index (χ3n) is 12.3. The fraction of sp³-hybridized carbons (Fsp3) is 0.750. The molecule has 9 heteroatoms. The van der Waals surface area contributed by atoms with Crippen molar-refractivity contribution < 1.29 is 32.9 Å². The number of quaternary nitrogens is 1. The van der Waals surface area contributed by atoms with Crippen LogP contribution in [0.25, 0.3) is 0 Å². The number of nitrogens with zero attached hydrogens (tertiary/aromatic N) is 1. The standard InChI is InChI=1S/C60H109N2O6P/c1-6-8-10-12-14-16-18-20-21-22-23-24-25-26-27-28-29-30-31-32-33-34-35-36-37-38-39-40-41-42-44-46-48-50-52-54-60(64)61-58(57-68-69(65,66)67-56-55-62(3,4)5)59(63)53-51-49-47-45-43-19-17-15-13-11-9-7-2/h8,10,14,16,20-21,23-24,26-27,43,45,51,53,58-59,63H,6-7,9,11-13,15,17-19,22,25,28-42,44,46-50,52,54-57H2,1-5H3,(H-,61,64,65,66)/b10-8-,16-14-,21-20-,24-23-,27-26-,45-43+,53-51+. The summed E-state index contributed by atoms with van der Waals surface area (Å²) in [6.45, 7) is 4.49. The molecule has 0 radical (unpaired) electrons. The molecule has 0 heterocycles.